The Morgan fingerprint density at radius 1 is 2.00 bits per heavy atom. The molecule has 0 aliphatic carbocycles. The molecule has 0 atom stereocenters. The first-order valence-electron chi connectivity index (χ1n) is 1.12. The zero-order chi connectivity index (χ0) is 4.99. The molecular formula is C2HIN2O. The number of carbonyl (C=O) groups excluding carboxylic acids is 1. The van der Waals surface area contributed by atoms with E-state index in [1.165, 1.54) is 28.8 Å². The van der Waals surface area contributed by atoms with Crippen LogP contribution in [0.1, 0.15) is 0 Å². The second-order valence-electron chi connectivity index (χ2n) is 0.511. The van der Waals surface area contributed by atoms with Gasteiger partial charge < -0.3 is 0 Å². The van der Waals surface area contributed by atoms with E-state index in [4.69, 9.17) is 5.26 Å². The van der Waals surface area contributed by atoms with Gasteiger partial charge in [-0.25, -0.2) is 0 Å². The van der Waals surface area contributed by atoms with Gasteiger partial charge in [0.05, 0.1) is 0 Å². The molecule has 0 spiro atoms. The predicted octanol–water partition coefficient (Wildman–Crippen LogP) is 0.612. The minimum atomic E-state index is -0.352. The molecule has 0 rings (SSSR count). The van der Waals surface area contributed by atoms with Crippen molar-refractivity contribution in [2.45, 2.75) is 0 Å². The molecular weight excluding hydrogens is 195 g/mol. The number of nitrogens with zero attached hydrogens (tertiary/aromatic N) is 1. The van der Waals surface area contributed by atoms with E-state index in [0.717, 1.165) is 0 Å². The summed E-state index contributed by atoms with van der Waals surface area (Å²) < 4.78 is -0.352. The fourth-order valence-corrected chi connectivity index (χ4v) is 0.165. The van der Waals surface area contributed by atoms with Gasteiger partial charge in [-0.05, 0) is 0 Å². The highest BCUT2D eigenvalue weighted by molar-refractivity contribution is 14.1. The number of nitriles is 1. The van der Waals surface area contributed by atoms with Crippen LogP contribution in [0.4, 0.5) is 4.79 Å². The average molecular weight is 196 g/mol. The highest BCUT2D eigenvalue weighted by Crippen LogP contribution is 1.78. The van der Waals surface area contributed by atoms with Crippen LogP contribution in [-0.2, 0) is 0 Å². The van der Waals surface area contributed by atoms with Crippen molar-refractivity contribution in [1.82, 2.24) is 5.32 Å². The summed E-state index contributed by atoms with van der Waals surface area (Å²) in [7, 11) is 0. The first-order valence-corrected chi connectivity index (χ1v) is 2.20. The van der Waals surface area contributed by atoms with Crippen molar-refractivity contribution >= 4 is 26.5 Å². The number of hydrogen-bond acceptors (Lipinski definition) is 2. The number of rotatable bonds is 0. The van der Waals surface area contributed by atoms with Gasteiger partial charge in [-0.3, -0.25) is 10.1 Å². The molecule has 0 bridgehead atoms. The molecule has 0 aliphatic rings. The maximum Gasteiger partial charge on any atom is 0.293 e. The van der Waals surface area contributed by atoms with E-state index in [1.807, 2.05) is 5.32 Å². The van der Waals surface area contributed by atoms with Crippen LogP contribution in [0.5, 0.6) is 0 Å². The lowest BCUT2D eigenvalue weighted by molar-refractivity contribution is 0.266. The summed E-state index contributed by atoms with van der Waals surface area (Å²) in [6.45, 7) is 0. The average Bonchev–Trinajstić information content (AvgIpc) is 1.35. The predicted molar refractivity (Wildman–Crippen MR) is 28.2 cm³/mol. The van der Waals surface area contributed by atoms with Crippen molar-refractivity contribution in [3.8, 4) is 6.19 Å². The summed E-state index contributed by atoms with van der Waals surface area (Å²) in [4.78, 5) is 9.70. The molecule has 0 unspecified atom stereocenters. The zero-order valence-corrected chi connectivity index (χ0v) is 4.89. The standard InChI is InChI=1S/C2HIN2O/c3-2(6)5-1-4/h(H,5,6). The first-order chi connectivity index (χ1) is 2.77. The van der Waals surface area contributed by atoms with Gasteiger partial charge in [0.15, 0.2) is 6.19 Å². The smallest absolute Gasteiger partial charge is 0.262 e. The molecule has 0 fully saturated rings. The van der Waals surface area contributed by atoms with Crippen LogP contribution in [-0.4, -0.2) is 3.91 Å². The quantitative estimate of drug-likeness (QED) is 0.203. The van der Waals surface area contributed by atoms with E-state index in [-0.39, 0.29) is 3.91 Å². The van der Waals surface area contributed by atoms with E-state index >= 15 is 0 Å². The summed E-state index contributed by atoms with van der Waals surface area (Å²) in [6.07, 6.45) is 1.46. The molecule has 0 saturated carbocycles. The van der Waals surface area contributed by atoms with Gasteiger partial charge in [0.2, 0.25) is 0 Å². The molecule has 6 heavy (non-hydrogen) atoms. The van der Waals surface area contributed by atoms with Gasteiger partial charge in [-0.2, -0.15) is 5.26 Å². The monoisotopic (exact) mass is 196 g/mol. The van der Waals surface area contributed by atoms with Crippen LogP contribution < -0.4 is 5.32 Å². The van der Waals surface area contributed by atoms with E-state index in [2.05, 4.69) is 0 Å². The van der Waals surface area contributed by atoms with Crippen LogP contribution in [0, 0.1) is 11.5 Å². The summed E-state index contributed by atoms with van der Waals surface area (Å²) in [5, 5.41) is 9.51. The molecule has 0 saturated heterocycles. The Balaban J connectivity index is 3.13. The van der Waals surface area contributed by atoms with Gasteiger partial charge in [-0.15, -0.1) is 0 Å². The Morgan fingerprint density at radius 3 is 2.50 bits per heavy atom. The number of amides is 1. The van der Waals surface area contributed by atoms with E-state index in [0.29, 0.717) is 0 Å². The third kappa shape index (κ3) is 3.69. The summed E-state index contributed by atoms with van der Waals surface area (Å²) in [5.74, 6) is 0. The molecule has 0 radical (unpaired) electrons. The molecule has 32 valence electrons. The van der Waals surface area contributed by atoms with Gasteiger partial charge in [0.25, 0.3) is 3.91 Å². The molecule has 0 heterocycles. The molecule has 1 amide bonds. The van der Waals surface area contributed by atoms with Crippen molar-refractivity contribution in [1.29, 1.82) is 5.26 Å². The fraction of sp³-hybridized carbons (Fsp3) is 0. The SMILES string of the molecule is N#CNC(=O)I. The number of nitrogens with one attached hydrogen (secondary N) is 1. The lowest BCUT2D eigenvalue weighted by Gasteiger charge is -1.73. The van der Waals surface area contributed by atoms with Crippen molar-refractivity contribution in [3.63, 3.8) is 0 Å². The molecule has 1 N–H and O–H groups in total. The maximum absolute atomic E-state index is 9.70. The zero-order valence-electron chi connectivity index (χ0n) is 2.73. The largest absolute Gasteiger partial charge is 0.293 e. The Bertz CT molecular complexity index is 94.2. The Morgan fingerprint density at radius 2 is 2.50 bits per heavy atom. The van der Waals surface area contributed by atoms with Crippen LogP contribution in [0.2, 0.25) is 0 Å². The van der Waals surface area contributed by atoms with E-state index in [9.17, 15) is 4.79 Å². The minimum absolute atomic E-state index is 0.352. The minimum Gasteiger partial charge on any atom is -0.262 e. The van der Waals surface area contributed by atoms with Gasteiger partial charge in [0.1, 0.15) is 0 Å². The van der Waals surface area contributed by atoms with E-state index < -0.39 is 0 Å². The van der Waals surface area contributed by atoms with Crippen LogP contribution >= 0.6 is 22.6 Å². The lowest BCUT2D eigenvalue weighted by Crippen LogP contribution is -2.05. The van der Waals surface area contributed by atoms with Crippen LogP contribution in [0.25, 0.3) is 0 Å². The van der Waals surface area contributed by atoms with Crippen molar-refractivity contribution in [3.05, 3.63) is 0 Å². The molecule has 0 aliphatic heterocycles. The Kier molecular flexibility index (Phi) is 2.75. The first kappa shape index (κ1) is 5.69. The summed E-state index contributed by atoms with van der Waals surface area (Å²) >= 11 is 1.47. The molecule has 0 aromatic heterocycles. The number of hydrogen-bond donors (Lipinski definition) is 1. The topological polar surface area (TPSA) is 52.9 Å². The second kappa shape index (κ2) is 2.90. The molecule has 3 nitrogen and oxygen atoms in total. The van der Waals surface area contributed by atoms with Crippen molar-refractivity contribution in [2.24, 2.45) is 0 Å². The molecule has 0 aromatic carbocycles. The highest BCUT2D eigenvalue weighted by atomic mass is 127. The maximum atomic E-state index is 9.70. The summed E-state index contributed by atoms with van der Waals surface area (Å²) in [5.41, 5.74) is 0. The van der Waals surface area contributed by atoms with Crippen LogP contribution in [0.3, 0.4) is 0 Å². The third-order valence-corrected chi connectivity index (χ3v) is 0.424. The second-order valence-corrected chi connectivity index (χ2v) is 1.49. The van der Waals surface area contributed by atoms with Gasteiger partial charge in [0, 0.05) is 22.6 Å². The third-order valence-electron chi connectivity index (χ3n) is 0.154. The number of carbonyl (C=O) groups is 1. The Hall–Kier alpha value is -0.310. The van der Waals surface area contributed by atoms with Crippen molar-refractivity contribution < 1.29 is 4.79 Å². The van der Waals surface area contributed by atoms with Crippen LogP contribution in [0.15, 0.2) is 0 Å². The highest BCUT2D eigenvalue weighted by Gasteiger charge is 1.82. The number of halogens is 1. The lowest BCUT2D eigenvalue weighted by atomic mass is 11.2. The van der Waals surface area contributed by atoms with Gasteiger partial charge in [-0.1, -0.05) is 0 Å². The Labute approximate surface area is 48.5 Å². The van der Waals surface area contributed by atoms with Crippen molar-refractivity contribution in [2.75, 3.05) is 0 Å². The normalized spacial score (nSPS) is 6.00. The van der Waals surface area contributed by atoms with Gasteiger partial charge >= 0.3 is 0 Å². The molecule has 4 heteroatoms. The fourth-order valence-electron chi connectivity index (χ4n) is 0.0440. The molecule has 0 aromatic rings. The van der Waals surface area contributed by atoms with E-state index in [1.54, 1.807) is 0 Å². The summed E-state index contributed by atoms with van der Waals surface area (Å²) in [6, 6.07) is 0.